The van der Waals surface area contributed by atoms with E-state index < -0.39 is 5.91 Å². The second kappa shape index (κ2) is 22.9. The number of rotatable bonds is 22. The van der Waals surface area contributed by atoms with Crippen molar-refractivity contribution in [2.45, 2.75) is 105 Å². The molecule has 1 aliphatic heterocycles. The number of nitrogens with zero attached hydrogens (tertiary/aromatic N) is 5. The topological polar surface area (TPSA) is 121 Å². The van der Waals surface area contributed by atoms with Crippen LogP contribution in [0.3, 0.4) is 0 Å². The largest absolute Gasteiger partial charge is 0.465 e. The minimum Gasteiger partial charge on any atom is -0.465 e. The van der Waals surface area contributed by atoms with Gasteiger partial charge in [0.1, 0.15) is 18.2 Å². The summed E-state index contributed by atoms with van der Waals surface area (Å²) in [6.45, 7) is 12.8. The van der Waals surface area contributed by atoms with E-state index in [1.165, 1.54) is 73.1 Å². The van der Waals surface area contributed by atoms with Gasteiger partial charge in [-0.3, -0.25) is 9.59 Å². The number of carbonyl (C=O) groups excluding carboxylic acids is 2. The highest BCUT2D eigenvalue weighted by atomic mass is 32.1. The number of carbonyl (C=O) groups is 2. The van der Waals surface area contributed by atoms with E-state index in [2.05, 4.69) is 62.1 Å². The van der Waals surface area contributed by atoms with E-state index in [4.69, 9.17) is 4.74 Å². The number of unbranched alkanes of at least 4 members (excludes halogenated alkanes) is 6. The van der Waals surface area contributed by atoms with Gasteiger partial charge >= 0.3 is 5.97 Å². The van der Waals surface area contributed by atoms with Crippen LogP contribution in [0.4, 0.5) is 5.69 Å². The molecule has 1 amide bonds. The molecule has 8 nitrogen and oxygen atoms in total. The number of nitriles is 3. The molecule has 1 aromatic carbocycles. The Morgan fingerprint density at radius 3 is 2.11 bits per heavy atom. The summed E-state index contributed by atoms with van der Waals surface area (Å²) < 4.78 is 5.23. The SMILES string of the molecule is CCCCCCc1cc(N(CCCC)CCCC)ccc1/C=C/c1ccc(/C=C/C2=C(C#N)C(=C(C#N)C#N)N(CCCCOC(=O)C(C)C)C2=O)s1. The highest BCUT2D eigenvalue weighted by molar-refractivity contribution is 7.13. The lowest BCUT2D eigenvalue weighted by molar-refractivity contribution is -0.147. The van der Waals surface area contributed by atoms with Crippen molar-refractivity contribution < 1.29 is 14.3 Å². The summed E-state index contributed by atoms with van der Waals surface area (Å²) in [5.74, 6) is -0.969. The highest BCUT2D eigenvalue weighted by Crippen LogP contribution is 2.34. The van der Waals surface area contributed by atoms with Gasteiger partial charge in [-0.15, -0.1) is 11.3 Å². The average molecular weight is 734 g/mol. The van der Waals surface area contributed by atoms with Crippen LogP contribution in [0.1, 0.15) is 120 Å². The third-order valence-corrected chi connectivity index (χ3v) is 10.2. The number of thiophene rings is 1. The summed E-state index contributed by atoms with van der Waals surface area (Å²) >= 11 is 1.57. The molecule has 2 heterocycles. The van der Waals surface area contributed by atoms with Crippen LogP contribution in [0, 0.1) is 39.9 Å². The zero-order chi connectivity index (χ0) is 38.6. The molecule has 0 spiro atoms. The lowest BCUT2D eigenvalue weighted by atomic mass is 9.99. The van der Waals surface area contributed by atoms with Crippen LogP contribution in [0.15, 0.2) is 58.8 Å². The van der Waals surface area contributed by atoms with Gasteiger partial charge in [-0.1, -0.05) is 78.9 Å². The van der Waals surface area contributed by atoms with Crippen molar-refractivity contribution in [3.63, 3.8) is 0 Å². The molecule has 0 atom stereocenters. The Labute approximate surface area is 321 Å². The zero-order valence-electron chi connectivity index (χ0n) is 32.2. The number of ether oxygens (including phenoxy) is 1. The molecule has 0 fully saturated rings. The standard InChI is InChI=1S/C44H55N5O3S/c1-6-9-12-13-16-35-29-37(48(25-10-7-2)26-11-8-3)19-17-34(35)18-20-38-21-22-39(53-38)23-24-40-41(32-47)42(36(30-45)31-46)49(43(40)50)27-14-15-28-52-44(51)33(4)5/h17-24,29,33H,6-16,25-28H2,1-5H3/b20-18+,24-23+. The summed E-state index contributed by atoms with van der Waals surface area (Å²) in [4.78, 5) is 31.2. The van der Waals surface area contributed by atoms with Gasteiger partial charge < -0.3 is 14.5 Å². The van der Waals surface area contributed by atoms with Crippen LogP contribution < -0.4 is 4.90 Å². The maximum Gasteiger partial charge on any atom is 0.308 e. The molecule has 9 heteroatoms. The van der Waals surface area contributed by atoms with Crippen LogP contribution in [0.2, 0.25) is 0 Å². The summed E-state index contributed by atoms with van der Waals surface area (Å²) in [6, 6.07) is 16.7. The van der Waals surface area contributed by atoms with Crippen LogP contribution in [-0.4, -0.2) is 43.0 Å². The fraction of sp³-hybridized carbons (Fsp3) is 0.477. The zero-order valence-corrected chi connectivity index (χ0v) is 33.1. The monoisotopic (exact) mass is 733 g/mol. The molecule has 1 aromatic heterocycles. The molecule has 1 aliphatic rings. The summed E-state index contributed by atoms with van der Waals surface area (Å²) in [5, 5.41) is 29.4. The number of allylic oxidation sites excluding steroid dienone is 2. The fourth-order valence-electron chi connectivity index (χ4n) is 6.06. The molecule has 0 N–H and O–H groups in total. The molecule has 0 bridgehead atoms. The molecule has 280 valence electrons. The molecule has 0 aliphatic carbocycles. The van der Waals surface area contributed by atoms with Crippen molar-refractivity contribution in [3.05, 3.63) is 79.7 Å². The van der Waals surface area contributed by atoms with Crippen molar-refractivity contribution >= 4 is 47.1 Å². The van der Waals surface area contributed by atoms with Crippen LogP contribution in [0.25, 0.3) is 18.2 Å². The number of aryl methyl sites for hydroxylation is 1. The molecule has 3 rings (SSSR count). The Morgan fingerprint density at radius 1 is 0.849 bits per heavy atom. The molecule has 0 unspecified atom stereocenters. The molecule has 0 saturated heterocycles. The van der Waals surface area contributed by atoms with E-state index in [0.717, 1.165) is 29.3 Å². The first-order valence-corrected chi connectivity index (χ1v) is 20.1. The smallest absolute Gasteiger partial charge is 0.308 e. The molecular formula is C44H55N5O3S. The second-order valence-electron chi connectivity index (χ2n) is 13.6. The fourth-order valence-corrected chi connectivity index (χ4v) is 6.88. The van der Waals surface area contributed by atoms with Crippen molar-refractivity contribution in [3.8, 4) is 18.2 Å². The van der Waals surface area contributed by atoms with E-state index in [9.17, 15) is 25.4 Å². The Kier molecular flexibility index (Phi) is 18.4. The van der Waals surface area contributed by atoms with Crippen molar-refractivity contribution in [2.24, 2.45) is 5.92 Å². The molecule has 0 saturated carbocycles. The molecule has 53 heavy (non-hydrogen) atoms. The molecular weight excluding hydrogens is 679 g/mol. The van der Waals surface area contributed by atoms with Gasteiger partial charge in [0, 0.05) is 35.1 Å². The summed E-state index contributed by atoms with van der Waals surface area (Å²) in [6.07, 6.45) is 19.3. The number of hydrogen-bond donors (Lipinski definition) is 0. The molecule has 0 radical (unpaired) electrons. The Morgan fingerprint density at radius 2 is 1.51 bits per heavy atom. The predicted molar refractivity (Wildman–Crippen MR) is 216 cm³/mol. The quantitative estimate of drug-likeness (QED) is 0.0671. The average Bonchev–Trinajstić information content (AvgIpc) is 3.73. The normalized spacial score (nSPS) is 12.9. The maximum absolute atomic E-state index is 13.6. The first-order chi connectivity index (χ1) is 25.7. The van der Waals surface area contributed by atoms with Gasteiger partial charge in [0.05, 0.1) is 29.4 Å². The van der Waals surface area contributed by atoms with Gasteiger partial charge in [-0.2, -0.15) is 15.8 Å². The van der Waals surface area contributed by atoms with E-state index in [0.29, 0.717) is 12.8 Å². The van der Waals surface area contributed by atoms with Gasteiger partial charge in [-0.05, 0) is 92.1 Å². The number of hydrogen-bond acceptors (Lipinski definition) is 8. The predicted octanol–water partition coefficient (Wildman–Crippen LogP) is 10.4. The van der Waals surface area contributed by atoms with Gasteiger partial charge in [0.15, 0.2) is 5.57 Å². The van der Waals surface area contributed by atoms with Crippen molar-refractivity contribution in [1.29, 1.82) is 15.8 Å². The summed E-state index contributed by atoms with van der Waals surface area (Å²) in [5.41, 5.74) is 3.80. The van der Waals surface area contributed by atoms with Crippen LogP contribution in [-0.2, 0) is 20.7 Å². The van der Waals surface area contributed by atoms with Crippen LogP contribution in [0.5, 0.6) is 0 Å². The van der Waals surface area contributed by atoms with Crippen molar-refractivity contribution in [2.75, 3.05) is 31.1 Å². The number of benzene rings is 1. The highest BCUT2D eigenvalue weighted by Gasteiger charge is 2.36. The second-order valence-corrected chi connectivity index (χ2v) is 14.8. The third kappa shape index (κ3) is 12.6. The van der Waals surface area contributed by atoms with Crippen molar-refractivity contribution in [1.82, 2.24) is 4.90 Å². The third-order valence-electron chi connectivity index (χ3n) is 9.16. The first kappa shape index (κ1) is 42.5. The van der Waals surface area contributed by atoms with Gasteiger partial charge in [0.2, 0.25) is 0 Å². The molecule has 2 aromatic rings. The van der Waals surface area contributed by atoms with E-state index in [1.807, 2.05) is 24.3 Å². The van der Waals surface area contributed by atoms with Crippen LogP contribution >= 0.6 is 11.3 Å². The number of anilines is 1. The Balaban J connectivity index is 1.82. The lowest BCUT2D eigenvalue weighted by Crippen LogP contribution is -2.28. The minimum absolute atomic E-state index is 0.00475. The lowest BCUT2D eigenvalue weighted by Gasteiger charge is -2.26. The Bertz CT molecular complexity index is 1770. The summed E-state index contributed by atoms with van der Waals surface area (Å²) in [7, 11) is 0. The number of esters is 1. The Hall–Kier alpha value is -4.91. The van der Waals surface area contributed by atoms with Gasteiger partial charge in [-0.25, -0.2) is 0 Å². The van der Waals surface area contributed by atoms with Gasteiger partial charge in [0.25, 0.3) is 5.91 Å². The van der Waals surface area contributed by atoms with E-state index in [-0.39, 0.29) is 47.5 Å². The van der Waals surface area contributed by atoms with E-state index >= 15 is 0 Å². The first-order valence-electron chi connectivity index (χ1n) is 19.2. The number of amides is 1. The van der Waals surface area contributed by atoms with E-state index in [1.54, 1.807) is 37.3 Å². The maximum atomic E-state index is 13.6. The minimum atomic E-state index is -0.440.